The molecule has 5 heteroatoms. The van der Waals surface area contributed by atoms with Crippen molar-refractivity contribution in [3.63, 3.8) is 0 Å². The minimum atomic E-state index is -0.484. The summed E-state index contributed by atoms with van der Waals surface area (Å²) in [6.45, 7) is 0. The fraction of sp³-hybridized carbons (Fsp3) is 0. The Labute approximate surface area is 259 Å². The van der Waals surface area contributed by atoms with Gasteiger partial charge in [-0.05, 0) is 35.9 Å². The van der Waals surface area contributed by atoms with Gasteiger partial charge in [0, 0.05) is 43.8 Å². The molecular weight excluding hydrogens is 542 g/mol. The maximum atomic E-state index is 8.61. The highest BCUT2D eigenvalue weighted by molar-refractivity contribution is 6.17. The van der Waals surface area contributed by atoms with Crippen LogP contribution in [0.4, 0.5) is 0 Å². The predicted octanol–water partition coefficient (Wildman–Crippen LogP) is 10.3. The van der Waals surface area contributed by atoms with Crippen LogP contribution in [0, 0.1) is 0 Å². The van der Waals surface area contributed by atoms with Gasteiger partial charge < -0.3 is 8.83 Å². The van der Waals surface area contributed by atoms with Gasteiger partial charge >= 0.3 is 0 Å². The summed E-state index contributed by atoms with van der Waals surface area (Å²) in [6.07, 6.45) is 0. The molecule has 3 aromatic heterocycles. The van der Waals surface area contributed by atoms with Crippen molar-refractivity contribution < 1.29 is 15.7 Å². The second-order valence-electron chi connectivity index (χ2n) is 10.4. The Hall–Kier alpha value is -6.07. The summed E-state index contributed by atoms with van der Waals surface area (Å²) in [5, 5.41) is 3.81. The van der Waals surface area contributed by atoms with Gasteiger partial charge in [-0.15, -0.1) is 0 Å². The number of furan rings is 2. The molecule has 0 N–H and O–H groups in total. The Morgan fingerprint density at radius 3 is 1.98 bits per heavy atom. The molecule has 9 aromatic rings. The molecule has 0 fully saturated rings. The molecule has 0 spiro atoms. The van der Waals surface area contributed by atoms with Crippen LogP contribution in [0.3, 0.4) is 0 Å². The number of benzene rings is 6. The van der Waals surface area contributed by atoms with Crippen molar-refractivity contribution in [1.82, 2.24) is 15.0 Å². The van der Waals surface area contributed by atoms with Gasteiger partial charge in [-0.3, -0.25) is 0 Å². The van der Waals surface area contributed by atoms with Crippen LogP contribution in [0.2, 0.25) is 0 Å². The second-order valence-corrected chi connectivity index (χ2v) is 10.4. The number of aromatic nitrogens is 3. The van der Waals surface area contributed by atoms with Gasteiger partial charge in [0.2, 0.25) is 0 Å². The third-order valence-electron chi connectivity index (χ3n) is 7.84. The number of nitrogens with zero attached hydrogens (tertiary/aromatic N) is 3. The van der Waals surface area contributed by atoms with Crippen molar-refractivity contribution in [3.05, 3.63) is 139 Å². The fourth-order valence-corrected chi connectivity index (χ4v) is 5.84. The monoisotopic (exact) mass is 570 g/mol. The van der Waals surface area contributed by atoms with E-state index >= 15 is 0 Å². The standard InChI is InChI=1S/C39H23N3O2/c1-3-11-24(12-4-1)37-40-38(25-13-5-2-6-14-25)42-39(41-37)26-21-22-33-31(23-26)35-28(16-10-20-34(35)43-33)30-18-9-17-29-27-15-7-8-19-32(27)44-36(29)30/h1-23H/i1D,3D,4D,11D,12D. The number of hydrogen-bond acceptors (Lipinski definition) is 5. The zero-order valence-corrected chi connectivity index (χ0v) is 23.1. The van der Waals surface area contributed by atoms with E-state index in [0.29, 0.717) is 28.1 Å². The highest BCUT2D eigenvalue weighted by Gasteiger charge is 2.19. The molecule has 0 amide bonds. The minimum absolute atomic E-state index is 0.0183. The molecule has 0 radical (unpaired) electrons. The molecule has 0 bridgehead atoms. The summed E-state index contributed by atoms with van der Waals surface area (Å²) in [5.41, 5.74) is 6.09. The van der Waals surface area contributed by atoms with Crippen molar-refractivity contribution in [2.24, 2.45) is 0 Å². The Balaban J connectivity index is 1.29. The van der Waals surface area contributed by atoms with Crippen LogP contribution in [0.1, 0.15) is 6.85 Å². The van der Waals surface area contributed by atoms with E-state index in [1.54, 1.807) is 0 Å². The van der Waals surface area contributed by atoms with Crippen molar-refractivity contribution >= 4 is 43.9 Å². The summed E-state index contributed by atoms with van der Waals surface area (Å²) < 4.78 is 54.5. The molecule has 0 aliphatic carbocycles. The van der Waals surface area contributed by atoms with E-state index < -0.39 is 18.1 Å². The van der Waals surface area contributed by atoms with Crippen molar-refractivity contribution in [3.8, 4) is 45.3 Å². The third kappa shape index (κ3) is 3.91. The van der Waals surface area contributed by atoms with Crippen LogP contribution in [0.25, 0.3) is 89.2 Å². The second kappa shape index (κ2) is 9.75. The molecule has 0 aliphatic heterocycles. The van der Waals surface area contributed by atoms with Gasteiger partial charge in [-0.1, -0.05) is 109 Å². The number of para-hydroxylation sites is 2. The first-order valence-corrected chi connectivity index (χ1v) is 14.1. The van der Waals surface area contributed by atoms with Crippen LogP contribution in [0.15, 0.2) is 148 Å². The molecule has 44 heavy (non-hydrogen) atoms. The lowest BCUT2D eigenvalue weighted by Crippen LogP contribution is -2.00. The Bertz CT molecular complexity index is 2760. The Kier molecular flexibility index (Phi) is 4.42. The Morgan fingerprint density at radius 2 is 1.11 bits per heavy atom. The van der Waals surface area contributed by atoms with Crippen LogP contribution in [-0.4, -0.2) is 15.0 Å². The molecule has 3 heterocycles. The van der Waals surface area contributed by atoms with E-state index in [0.717, 1.165) is 43.8 Å². The van der Waals surface area contributed by atoms with E-state index in [1.165, 1.54) is 0 Å². The molecule has 6 aromatic carbocycles. The number of rotatable bonds is 4. The van der Waals surface area contributed by atoms with E-state index in [1.807, 2.05) is 91.0 Å². The third-order valence-corrected chi connectivity index (χ3v) is 7.84. The van der Waals surface area contributed by atoms with Crippen LogP contribution in [-0.2, 0) is 0 Å². The maximum absolute atomic E-state index is 8.61. The van der Waals surface area contributed by atoms with Crippen molar-refractivity contribution in [1.29, 1.82) is 0 Å². The lowest BCUT2D eigenvalue weighted by atomic mass is 9.97. The zero-order chi connectivity index (χ0) is 33.4. The molecule has 9 rings (SSSR count). The lowest BCUT2D eigenvalue weighted by molar-refractivity contribution is 0.668. The van der Waals surface area contributed by atoms with Gasteiger partial charge in [-0.25, -0.2) is 15.0 Å². The molecule has 0 unspecified atom stereocenters. The molecule has 0 saturated carbocycles. The van der Waals surface area contributed by atoms with Crippen LogP contribution >= 0.6 is 0 Å². The fourth-order valence-electron chi connectivity index (χ4n) is 5.84. The van der Waals surface area contributed by atoms with E-state index in [2.05, 4.69) is 23.2 Å². The number of hydrogen-bond donors (Lipinski definition) is 0. The molecule has 0 saturated heterocycles. The first kappa shape index (κ1) is 19.9. The van der Waals surface area contributed by atoms with Gasteiger partial charge in [0.15, 0.2) is 17.5 Å². The van der Waals surface area contributed by atoms with E-state index in [-0.39, 0.29) is 29.3 Å². The number of fused-ring (bicyclic) bond motifs is 6. The van der Waals surface area contributed by atoms with E-state index in [4.69, 9.17) is 25.7 Å². The van der Waals surface area contributed by atoms with Crippen LogP contribution < -0.4 is 0 Å². The molecule has 206 valence electrons. The molecule has 0 atom stereocenters. The average molecular weight is 571 g/mol. The predicted molar refractivity (Wildman–Crippen MR) is 176 cm³/mol. The average Bonchev–Trinajstić information content (AvgIpc) is 3.72. The van der Waals surface area contributed by atoms with Gasteiger partial charge in [0.05, 0.1) is 6.85 Å². The SMILES string of the molecule is [2H]c1c([2H])c([2H])c(-c2nc(-c3ccccc3)nc(-c3ccc4oc5cccc(-c6cccc7c6oc6ccccc67)c5c4c3)n2)c([2H])c1[2H]. The summed E-state index contributed by atoms with van der Waals surface area (Å²) >= 11 is 0. The van der Waals surface area contributed by atoms with Gasteiger partial charge in [0.1, 0.15) is 22.3 Å². The zero-order valence-electron chi connectivity index (χ0n) is 28.1. The molecule has 0 aliphatic rings. The highest BCUT2D eigenvalue weighted by atomic mass is 16.3. The lowest BCUT2D eigenvalue weighted by Gasteiger charge is -2.09. The van der Waals surface area contributed by atoms with Crippen molar-refractivity contribution in [2.45, 2.75) is 0 Å². The topological polar surface area (TPSA) is 65.0 Å². The maximum Gasteiger partial charge on any atom is 0.164 e. The first-order chi connectivity index (χ1) is 23.9. The largest absolute Gasteiger partial charge is 0.456 e. The summed E-state index contributed by atoms with van der Waals surface area (Å²) in [7, 11) is 0. The van der Waals surface area contributed by atoms with Crippen LogP contribution in [0.5, 0.6) is 0 Å². The smallest absolute Gasteiger partial charge is 0.164 e. The first-order valence-electron chi connectivity index (χ1n) is 16.6. The Morgan fingerprint density at radius 1 is 0.455 bits per heavy atom. The summed E-state index contributed by atoms with van der Waals surface area (Å²) in [6, 6.07) is 32.9. The van der Waals surface area contributed by atoms with Gasteiger partial charge in [-0.2, -0.15) is 0 Å². The quantitative estimate of drug-likeness (QED) is 0.211. The van der Waals surface area contributed by atoms with E-state index in [9.17, 15) is 0 Å². The normalized spacial score (nSPS) is 13.2. The molecular formula is C39H23N3O2. The highest BCUT2D eigenvalue weighted by Crippen LogP contribution is 2.42. The molecule has 5 nitrogen and oxygen atoms in total. The van der Waals surface area contributed by atoms with Crippen molar-refractivity contribution in [2.75, 3.05) is 0 Å². The summed E-state index contributed by atoms with van der Waals surface area (Å²) in [4.78, 5) is 14.1. The summed E-state index contributed by atoms with van der Waals surface area (Å²) in [5.74, 6) is 0.570. The van der Waals surface area contributed by atoms with Gasteiger partial charge in [0.25, 0.3) is 0 Å². The minimum Gasteiger partial charge on any atom is -0.456 e.